The number of halogens is 1. The fourth-order valence-electron chi connectivity index (χ4n) is 3.03. The average Bonchev–Trinajstić information content (AvgIpc) is 3.03. The zero-order valence-corrected chi connectivity index (χ0v) is 17.9. The van der Waals surface area contributed by atoms with Crippen molar-refractivity contribution in [3.63, 3.8) is 0 Å². The Hall–Kier alpha value is -1.82. The number of carbonyl (C=O) groups is 1. The fraction of sp³-hybridized carbons (Fsp3) is 0.650. The maximum absolute atomic E-state index is 12.2. The Kier molecular flexibility index (Phi) is 9.03. The molecule has 1 amide bonds. The highest BCUT2D eigenvalue weighted by Crippen LogP contribution is 2.25. The Labute approximate surface area is 167 Å². The first kappa shape index (κ1) is 23.2. The van der Waals surface area contributed by atoms with Crippen LogP contribution in [0.1, 0.15) is 53.4 Å². The number of aliphatic imine (C=N–C) groups is 1. The van der Waals surface area contributed by atoms with Crippen LogP contribution in [0.4, 0.5) is 4.79 Å². The van der Waals surface area contributed by atoms with Crippen molar-refractivity contribution in [2.24, 2.45) is 10.9 Å². The van der Waals surface area contributed by atoms with Crippen molar-refractivity contribution in [3.8, 4) is 0 Å². The summed E-state index contributed by atoms with van der Waals surface area (Å²) in [6, 6.07) is 0. The number of nitrogens with zero attached hydrogens (tertiary/aromatic N) is 2. The molecule has 1 N–H and O–H groups in total. The molecule has 27 heavy (non-hydrogen) atoms. The molecule has 1 saturated heterocycles. The van der Waals surface area contributed by atoms with E-state index in [9.17, 15) is 4.79 Å². The van der Waals surface area contributed by atoms with Crippen LogP contribution >= 0.6 is 11.6 Å². The van der Waals surface area contributed by atoms with Gasteiger partial charge in [-0.05, 0) is 64.9 Å². The first-order valence-electron chi connectivity index (χ1n) is 9.23. The third-order valence-electron chi connectivity index (χ3n) is 4.34. The monoisotopic (exact) mass is 397 g/mol. The minimum absolute atomic E-state index is 0.144. The molecule has 0 aromatic heterocycles. The molecule has 7 heteroatoms. The van der Waals surface area contributed by atoms with Crippen molar-refractivity contribution in [2.45, 2.75) is 59.0 Å². The second kappa shape index (κ2) is 10.5. The molecule has 1 heterocycles. The average molecular weight is 398 g/mol. The number of carbonyl (C=O) groups excluding carboxylic acids is 1. The van der Waals surface area contributed by atoms with Crippen LogP contribution in [0.3, 0.4) is 0 Å². The zero-order valence-electron chi connectivity index (χ0n) is 17.1. The van der Waals surface area contributed by atoms with Gasteiger partial charge in [0.05, 0.1) is 7.11 Å². The second-order valence-corrected chi connectivity index (χ2v) is 8.21. The summed E-state index contributed by atoms with van der Waals surface area (Å²) in [4.78, 5) is 18.1. The molecule has 152 valence electrons. The van der Waals surface area contributed by atoms with Gasteiger partial charge in [0.1, 0.15) is 10.8 Å². The molecule has 0 radical (unpaired) electrons. The number of ether oxygens (including phenoxy) is 2. The van der Waals surface area contributed by atoms with Gasteiger partial charge in [-0.1, -0.05) is 18.2 Å². The molecule has 0 aliphatic carbocycles. The lowest BCUT2D eigenvalue weighted by Gasteiger charge is -2.24. The normalized spacial score (nSPS) is 18.8. The van der Waals surface area contributed by atoms with Crippen LogP contribution in [0.2, 0.25) is 0 Å². The van der Waals surface area contributed by atoms with E-state index in [2.05, 4.69) is 11.6 Å². The van der Waals surface area contributed by atoms with E-state index in [-0.39, 0.29) is 11.2 Å². The van der Waals surface area contributed by atoms with Gasteiger partial charge in [0, 0.05) is 24.9 Å². The number of likely N-dealkylation sites (tertiary alicyclic amines) is 1. The third-order valence-corrected chi connectivity index (χ3v) is 4.43. The third kappa shape index (κ3) is 8.16. The largest absolute Gasteiger partial charge is 0.481 e. The molecule has 0 aromatic carbocycles. The van der Waals surface area contributed by atoms with E-state index in [1.54, 1.807) is 4.90 Å². The van der Waals surface area contributed by atoms with Crippen LogP contribution in [-0.2, 0) is 9.47 Å². The number of nitrogens with one attached hydrogen (secondary N) is 1. The highest BCUT2D eigenvalue weighted by atomic mass is 35.5. The van der Waals surface area contributed by atoms with Crippen LogP contribution in [0.5, 0.6) is 0 Å². The topological polar surface area (TPSA) is 75.0 Å². The summed E-state index contributed by atoms with van der Waals surface area (Å²) >= 11 is 5.78. The van der Waals surface area contributed by atoms with E-state index in [0.29, 0.717) is 11.8 Å². The molecular weight excluding hydrogens is 366 g/mol. The lowest BCUT2D eigenvalue weighted by Crippen LogP contribution is -2.35. The van der Waals surface area contributed by atoms with E-state index in [1.165, 1.54) is 13.3 Å². The maximum Gasteiger partial charge on any atom is 0.410 e. The summed E-state index contributed by atoms with van der Waals surface area (Å²) in [6.45, 7) is 12.5. The highest BCUT2D eigenvalue weighted by Gasteiger charge is 2.29. The summed E-state index contributed by atoms with van der Waals surface area (Å²) in [5.74, 6) is 0.850. The molecule has 1 atom stereocenters. The molecule has 1 rings (SSSR count). The van der Waals surface area contributed by atoms with Crippen molar-refractivity contribution in [1.82, 2.24) is 4.90 Å². The highest BCUT2D eigenvalue weighted by molar-refractivity contribution is 6.29. The van der Waals surface area contributed by atoms with Gasteiger partial charge < -0.3 is 19.8 Å². The molecule has 0 spiro atoms. The summed E-state index contributed by atoms with van der Waals surface area (Å²) in [5, 5.41) is 7.68. The zero-order chi connectivity index (χ0) is 20.6. The lowest BCUT2D eigenvalue weighted by atomic mass is 9.97. The Balaban J connectivity index is 2.61. The van der Waals surface area contributed by atoms with Crippen LogP contribution < -0.4 is 0 Å². The smallest absolute Gasteiger partial charge is 0.410 e. The Morgan fingerprint density at radius 3 is 2.63 bits per heavy atom. The predicted octanol–water partition coefficient (Wildman–Crippen LogP) is 5.13. The van der Waals surface area contributed by atoms with Gasteiger partial charge in [-0.3, -0.25) is 0 Å². The summed E-state index contributed by atoms with van der Waals surface area (Å²) in [7, 11) is 1.53. The molecule has 0 bridgehead atoms. The van der Waals surface area contributed by atoms with Gasteiger partial charge in [-0.2, -0.15) is 0 Å². The van der Waals surface area contributed by atoms with E-state index in [0.717, 1.165) is 49.9 Å². The number of hydrogen-bond acceptors (Lipinski definition) is 5. The quantitative estimate of drug-likeness (QED) is 0.367. The van der Waals surface area contributed by atoms with Gasteiger partial charge >= 0.3 is 6.09 Å². The summed E-state index contributed by atoms with van der Waals surface area (Å²) in [5.41, 5.74) is 1.17. The van der Waals surface area contributed by atoms with E-state index in [1.807, 2.05) is 27.7 Å². The number of hydrogen-bond donors (Lipinski definition) is 1. The van der Waals surface area contributed by atoms with Gasteiger partial charge in [0.2, 0.25) is 5.90 Å². The molecule has 0 saturated carbocycles. The summed E-state index contributed by atoms with van der Waals surface area (Å²) < 4.78 is 10.8. The second-order valence-electron chi connectivity index (χ2n) is 7.78. The number of allylic oxidation sites excluding steroid dienone is 1. The number of amides is 1. The number of rotatable bonds is 7. The number of methoxy groups -OCH3 is 1. The van der Waals surface area contributed by atoms with Crippen molar-refractivity contribution in [1.29, 1.82) is 5.41 Å². The van der Waals surface area contributed by atoms with Gasteiger partial charge in [0.15, 0.2) is 0 Å². The molecule has 0 aromatic rings. The van der Waals surface area contributed by atoms with Gasteiger partial charge in [-0.15, -0.1) is 0 Å². The predicted molar refractivity (Wildman–Crippen MR) is 111 cm³/mol. The van der Waals surface area contributed by atoms with Crippen molar-refractivity contribution in [2.75, 3.05) is 20.2 Å². The molecule has 1 fully saturated rings. The van der Waals surface area contributed by atoms with E-state index in [4.69, 9.17) is 26.5 Å². The minimum Gasteiger partial charge on any atom is -0.481 e. The van der Waals surface area contributed by atoms with Crippen molar-refractivity contribution >= 4 is 29.8 Å². The van der Waals surface area contributed by atoms with E-state index >= 15 is 0 Å². The van der Waals surface area contributed by atoms with Crippen LogP contribution in [0.15, 0.2) is 27.9 Å². The Morgan fingerprint density at radius 2 is 2.11 bits per heavy atom. The van der Waals surface area contributed by atoms with Gasteiger partial charge in [0.25, 0.3) is 0 Å². The van der Waals surface area contributed by atoms with Crippen LogP contribution in [0, 0.1) is 11.3 Å². The van der Waals surface area contributed by atoms with E-state index < -0.39 is 5.60 Å². The Bertz CT molecular complexity index is 620. The fourth-order valence-corrected chi connectivity index (χ4v) is 3.11. The molecule has 1 aliphatic heterocycles. The molecular formula is C20H32ClN3O3. The van der Waals surface area contributed by atoms with Crippen LogP contribution in [0.25, 0.3) is 0 Å². The van der Waals surface area contributed by atoms with Crippen molar-refractivity contribution in [3.05, 3.63) is 22.9 Å². The molecule has 6 nitrogen and oxygen atoms in total. The maximum atomic E-state index is 12.2. The summed E-state index contributed by atoms with van der Waals surface area (Å²) in [6.07, 6.45) is 4.64. The Morgan fingerprint density at radius 1 is 1.44 bits per heavy atom. The van der Waals surface area contributed by atoms with Crippen molar-refractivity contribution < 1.29 is 14.3 Å². The SMILES string of the molecule is C=C(Cl)N=C(OC)/C(CCCC1CCN(C(=O)OC(C)(C)C)C1)=C(\C)C=N. The first-order valence-corrected chi connectivity index (χ1v) is 9.60. The molecule has 1 unspecified atom stereocenters. The minimum atomic E-state index is -0.471. The van der Waals surface area contributed by atoms with Gasteiger partial charge in [-0.25, -0.2) is 9.79 Å². The lowest BCUT2D eigenvalue weighted by molar-refractivity contribution is 0.0287. The van der Waals surface area contributed by atoms with Crippen LogP contribution in [-0.4, -0.2) is 48.9 Å². The standard InChI is InChI=1S/C20H32ClN3O3/c1-14(12-22)17(18(26-6)23-15(2)21)9-7-8-16-10-11-24(13-16)19(25)27-20(3,4)5/h12,16,22H,2,7-11,13H2,1,3-6H3/b17-14+,22-12?,23-18?. The first-order chi connectivity index (χ1) is 12.6. The molecule has 1 aliphatic rings.